The Balaban J connectivity index is 2.53. The van der Waals surface area contributed by atoms with Crippen LogP contribution in [0.15, 0.2) is 23.4 Å². The van der Waals surface area contributed by atoms with Crippen molar-refractivity contribution in [2.45, 2.75) is 26.8 Å². The molecule has 1 aromatic carbocycles. The molecule has 0 aromatic heterocycles. The third-order valence-corrected chi connectivity index (χ3v) is 4.01. The minimum atomic E-state index is -0.754. The monoisotopic (exact) mass is 392 g/mol. The Kier molecular flexibility index (Phi) is 6.97. The standard InChI is InChI=1S/C19H21ClN2O5/c1-5-8-27-17-13(20)9-12(10-14(17)25-6-2)16-15(18(23)26-7-3)11(4)21-19(24)22-16/h1,9-10,16H,6-8H2,2-4H3,(H2,21,22,24)/t16-/m0/s1. The van der Waals surface area contributed by atoms with E-state index in [-0.39, 0.29) is 23.8 Å². The fraction of sp³-hybridized carbons (Fsp3) is 0.368. The van der Waals surface area contributed by atoms with Gasteiger partial charge >= 0.3 is 12.0 Å². The van der Waals surface area contributed by atoms with Crippen molar-refractivity contribution >= 4 is 23.6 Å². The summed E-state index contributed by atoms with van der Waals surface area (Å²) >= 11 is 6.35. The number of rotatable bonds is 7. The van der Waals surface area contributed by atoms with Crippen LogP contribution in [-0.2, 0) is 9.53 Å². The summed E-state index contributed by atoms with van der Waals surface area (Å²) in [6, 6.07) is 2.06. The number of ether oxygens (including phenoxy) is 3. The van der Waals surface area contributed by atoms with Crippen molar-refractivity contribution in [3.63, 3.8) is 0 Å². The lowest BCUT2D eigenvalue weighted by Gasteiger charge is -2.28. The first kappa shape index (κ1) is 20.5. The number of carbonyl (C=O) groups is 2. The highest BCUT2D eigenvalue weighted by Gasteiger charge is 2.33. The molecule has 1 heterocycles. The van der Waals surface area contributed by atoms with E-state index in [4.69, 9.17) is 32.2 Å². The number of hydrogen-bond acceptors (Lipinski definition) is 5. The van der Waals surface area contributed by atoms with Crippen molar-refractivity contribution in [3.05, 3.63) is 34.0 Å². The van der Waals surface area contributed by atoms with Crippen LogP contribution in [0.25, 0.3) is 0 Å². The number of allylic oxidation sites excluding steroid dienone is 1. The Hall–Kier alpha value is -2.85. The zero-order valence-electron chi connectivity index (χ0n) is 15.3. The molecule has 144 valence electrons. The van der Waals surface area contributed by atoms with E-state index in [1.54, 1.807) is 26.0 Å². The number of benzene rings is 1. The molecule has 2 amide bonds. The Bertz CT molecular complexity index is 813. The minimum Gasteiger partial charge on any atom is -0.490 e. The third-order valence-electron chi connectivity index (χ3n) is 3.73. The van der Waals surface area contributed by atoms with Crippen LogP contribution in [0, 0.1) is 12.3 Å². The molecule has 0 fully saturated rings. The van der Waals surface area contributed by atoms with Crippen molar-refractivity contribution in [1.29, 1.82) is 0 Å². The molecule has 0 spiro atoms. The Morgan fingerprint density at radius 1 is 1.30 bits per heavy atom. The second-order valence-electron chi connectivity index (χ2n) is 5.55. The topological polar surface area (TPSA) is 85.9 Å². The number of urea groups is 1. The average Bonchev–Trinajstić information content (AvgIpc) is 2.60. The Labute approximate surface area is 163 Å². The summed E-state index contributed by atoms with van der Waals surface area (Å²) in [6.45, 7) is 5.75. The number of amides is 2. The van der Waals surface area contributed by atoms with Crippen molar-refractivity contribution in [2.24, 2.45) is 0 Å². The van der Waals surface area contributed by atoms with Crippen LogP contribution < -0.4 is 20.1 Å². The van der Waals surface area contributed by atoms with E-state index < -0.39 is 18.0 Å². The van der Waals surface area contributed by atoms with Crippen molar-refractivity contribution in [3.8, 4) is 23.8 Å². The first-order valence-electron chi connectivity index (χ1n) is 8.40. The molecule has 8 heteroatoms. The largest absolute Gasteiger partial charge is 0.490 e. The molecule has 1 aliphatic rings. The smallest absolute Gasteiger partial charge is 0.338 e. The summed E-state index contributed by atoms with van der Waals surface area (Å²) in [5.74, 6) is 2.50. The molecule has 0 radical (unpaired) electrons. The predicted molar refractivity (Wildman–Crippen MR) is 101 cm³/mol. The number of nitrogens with one attached hydrogen (secondary N) is 2. The van der Waals surface area contributed by atoms with Gasteiger partial charge in [0.2, 0.25) is 0 Å². The maximum absolute atomic E-state index is 12.4. The zero-order valence-corrected chi connectivity index (χ0v) is 16.1. The van der Waals surface area contributed by atoms with Gasteiger partial charge in [0.15, 0.2) is 11.5 Å². The molecule has 1 aliphatic heterocycles. The normalized spacial score (nSPS) is 16.1. The van der Waals surface area contributed by atoms with Gasteiger partial charge in [-0.15, -0.1) is 6.42 Å². The minimum absolute atomic E-state index is 0.0241. The highest BCUT2D eigenvalue weighted by molar-refractivity contribution is 6.32. The van der Waals surface area contributed by atoms with E-state index in [0.29, 0.717) is 29.4 Å². The first-order chi connectivity index (χ1) is 12.9. The molecule has 0 saturated heterocycles. The molecule has 0 bridgehead atoms. The van der Waals surface area contributed by atoms with E-state index in [2.05, 4.69) is 16.6 Å². The van der Waals surface area contributed by atoms with Crippen molar-refractivity contribution < 1.29 is 23.8 Å². The number of halogens is 1. The first-order valence-corrected chi connectivity index (χ1v) is 8.78. The fourth-order valence-corrected chi connectivity index (χ4v) is 2.97. The van der Waals surface area contributed by atoms with Crippen molar-refractivity contribution in [2.75, 3.05) is 19.8 Å². The van der Waals surface area contributed by atoms with E-state index in [9.17, 15) is 9.59 Å². The summed E-state index contributed by atoms with van der Waals surface area (Å²) in [6.07, 6.45) is 5.24. The maximum atomic E-state index is 12.4. The number of hydrogen-bond donors (Lipinski definition) is 2. The second-order valence-corrected chi connectivity index (χ2v) is 5.95. The molecule has 27 heavy (non-hydrogen) atoms. The van der Waals surface area contributed by atoms with Gasteiger partial charge in [-0.25, -0.2) is 9.59 Å². The molecule has 1 aromatic rings. The van der Waals surface area contributed by atoms with Crippen LogP contribution in [0.2, 0.25) is 5.02 Å². The maximum Gasteiger partial charge on any atom is 0.338 e. The molecule has 1 atom stereocenters. The lowest BCUT2D eigenvalue weighted by molar-refractivity contribution is -0.139. The molecule has 2 rings (SSSR count). The van der Waals surface area contributed by atoms with Gasteiger partial charge in [0.05, 0.1) is 29.9 Å². The average molecular weight is 393 g/mol. The number of esters is 1. The van der Waals surface area contributed by atoms with Crippen LogP contribution in [0.3, 0.4) is 0 Å². The van der Waals surface area contributed by atoms with Gasteiger partial charge < -0.3 is 24.8 Å². The molecule has 0 aliphatic carbocycles. The van der Waals surface area contributed by atoms with Gasteiger partial charge in [0.1, 0.15) is 6.61 Å². The van der Waals surface area contributed by atoms with Gasteiger partial charge in [-0.1, -0.05) is 17.5 Å². The van der Waals surface area contributed by atoms with Crippen LogP contribution in [0.4, 0.5) is 4.79 Å². The molecule has 0 saturated carbocycles. The quantitative estimate of drug-likeness (QED) is 0.550. The van der Waals surface area contributed by atoms with Gasteiger partial charge in [0.25, 0.3) is 0 Å². The van der Waals surface area contributed by atoms with Crippen LogP contribution in [0.5, 0.6) is 11.5 Å². The van der Waals surface area contributed by atoms with Gasteiger partial charge in [-0.05, 0) is 38.5 Å². The summed E-state index contributed by atoms with van der Waals surface area (Å²) in [5, 5.41) is 5.55. The van der Waals surface area contributed by atoms with Crippen LogP contribution >= 0.6 is 11.6 Å². The molecular formula is C19H21ClN2O5. The van der Waals surface area contributed by atoms with Crippen LogP contribution in [-0.4, -0.2) is 31.8 Å². The van der Waals surface area contributed by atoms with Crippen molar-refractivity contribution in [1.82, 2.24) is 10.6 Å². The Morgan fingerprint density at radius 2 is 2.04 bits per heavy atom. The third kappa shape index (κ3) is 4.66. The van der Waals surface area contributed by atoms with Crippen LogP contribution in [0.1, 0.15) is 32.4 Å². The molecule has 2 N–H and O–H groups in total. The van der Waals surface area contributed by atoms with E-state index in [0.717, 1.165) is 0 Å². The molecule has 0 unspecified atom stereocenters. The summed E-state index contributed by atoms with van der Waals surface area (Å²) in [7, 11) is 0. The fourth-order valence-electron chi connectivity index (χ4n) is 2.69. The summed E-state index contributed by atoms with van der Waals surface area (Å²) < 4.78 is 16.2. The highest BCUT2D eigenvalue weighted by Crippen LogP contribution is 2.40. The highest BCUT2D eigenvalue weighted by atomic mass is 35.5. The lowest BCUT2D eigenvalue weighted by Crippen LogP contribution is -2.45. The predicted octanol–water partition coefficient (Wildman–Crippen LogP) is 2.94. The molecule has 7 nitrogen and oxygen atoms in total. The van der Waals surface area contributed by atoms with E-state index >= 15 is 0 Å². The summed E-state index contributed by atoms with van der Waals surface area (Å²) in [4.78, 5) is 24.4. The number of carbonyl (C=O) groups excluding carboxylic acids is 2. The number of terminal acetylenes is 1. The molecular weight excluding hydrogens is 372 g/mol. The SMILES string of the molecule is C#CCOc1c(Cl)cc([C@@H]2NC(=O)NC(C)=C2C(=O)OCC)cc1OCC. The second kappa shape index (κ2) is 9.19. The summed E-state index contributed by atoms with van der Waals surface area (Å²) in [5.41, 5.74) is 1.24. The van der Waals surface area contributed by atoms with E-state index in [1.807, 2.05) is 6.92 Å². The zero-order chi connectivity index (χ0) is 20.0. The Morgan fingerprint density at radius 3 is 2.67 bits per heavy atom. The lowest BCUT2D eigenvalue weighted by atomic mass is 9.95. The van der Waals surface area contributed by atoms with Gasteiger partial charge in [-0.2, -0.15) is 0 Å². The van der Waals surface area contributed by atoms with E-state index in [1.165, 1.54) is 0 Å². The van der Waals surface area contributed by atoms with Gasteiger partial charge in [0, 0.05) is 5.70 Å². The van der Waals surface area contributed by atoms with Gasteiger partial charge in [-0.3, -0.25) is 0 Å².